The number of rotatable bonds is 6. The number of pyridine rings is 1. The average Bonchev–Trinajstić information content (AvgIpc) is 2.72. The zero-order valence-electron chi connectivity index (χ0n) is 15.7. The van der Waals surface area contributed by atoms with Crippen LogP contribution in [0.1, 0.15) is 31.8 Å². The molecule has 0 aliphatic carbocycles. The fourth-order valence-corrected chi connectivity index (χ4v) is 2.73. The second-order valence-electron chi connectivity index (χ2n) is 6.30. The molecule has 0 radical (unpaired) electrons. The first-order chi connectivity index (χ1) is 13.5. The molecule has 142 valence electrons. The summed E-state index contributed by atoms with van der Waals surface area (Å²) in [7, 11) is 1.32. The molecule has 3 aromatic rings. The molecule has 0 saturated carbocycles. The van der Waals surface area contributed by atoms with Crippen molar-refractivity contribution < 1.29 is 14.3 Å². The first-order valence-electron chi connectivity index (χ1n) is 8.80. The third kappa shape index (κ3) is 4.94. The maximum absolute atomic E-state index is 12.6. The Morgan fingerprint density at radius 3 is 2.61 bits per heavy atom. The second kappa shape index (κ2) is 8.81. The van der Waals surface area contributed by atoms with E-state index in [0.29, 0.717) is 29.2 Å². The zero-order chi connectivity index (χ0) is 19.9. The summed E-state index contributed by atoms with van der Waals surface area (Å²) >= 11 is 0. The second-order valence-corrected chi connectivity index (χ2v) is 6.30. The number of nitrogens with one attached hydrogen (secondary N) is 2. The van der Waals surface area contributed by atoms with Crippen molar-refractivity contribution in [3.63, 3.8) is 0 Å². The number of benzene rings is 2. The molecule has 0 unspecified atom stereocenters. The molecule has 1 aromatic heterocycles. The average molecular weight is 375 g/mol. The Kier molecular flexibility index (Phi) is 6.01. The molecule has 0 aliphatic rings. The van der Waals surface area contributed by atoms with Crippen LogP contribution in [0.4, 0.5) is 11.5 Å². The molecule has 2 N–H and O–H groups in total. The molecule has 0 aliphatic heterocycles. The summed E-state index contributed by atoms with van der Waals surface area (Å²) in [6.07, 6.45) is 1.58. The number of aryl methyl sites for hydroxylation is 1. The van der Waals surface area contributed by atoms with Gasteiger partial charge in [0.05, 0.1) is 12.7 Å². The molecule has 0 bridgehead atoms. The highest BCUT2D eigenvalue weighted by atomic mass is 16.5. The van der Waals surface area contributed by atoms with Crippen molar-refractivity contribution in [3.8, 4) is 0 Å². The highest BCUT2D eigenvalue weighted by molar-refractivity contribution is 6.05. The number of esters is 1. The van der Waals surface area contributed by atoms with Gasteiger partial charge in [-0.1, -0.05) is 35.9 Å². The molecule has 0 spiro atoms. The van der Waals surface area contributed by atoms with Crippen LogP contribution in [0.5, 0.6) is 0 Å². The highest BCUT2D eigenvalue weighted by Crippen LogP contribution is 2.15. The van der Waals surface area contributed by atoms with Gasteiger partial charge in [-0.15, -0.1) is 0 Å². The molecule has 0 saturated heterocycles. The standard InChI is InChI=1S/C22H21N3O3/c1-15-5-3-6-16(11-15)14-24-20-13-17(9-10-23-20)21(26)25-19-8-4-7-18(12-19)22(27)28-2/h3-13H,14H2,1-2H3,(H,23,24)(H,25,26). The largest absolute Gasteiger partial charge is 0.465 e. The van der Waals surface area contributed by atoms with Crippen LogP contribution >= 0.6 is 0 Å². The molecular weight excluding hydrogens is 354 g/mol. The number of anilines is 2. The normalized spacial score (nSPS) is 10.2. The van der Waals surface area contributed by atoms with E-state index in [0.717, 1.165) is 5.56 Å². The number of hydrogen-bond acceptors (Lipinski definition) is 5. The number of hydrogen-bond donors (Lipinski definition) is 2. The lowest BCUT2D eigenvalue weighted by Gasteiger charge is -2.09. The monoisotopic (exact) mass is 375 g/mol. The Balaban J connectivity index is 1.67. The van der Waals surface area contributed by atoms with Gasteiger partial charge in [0.1, 0.15) is 5.82 Å². The zero-order valence-corrected chi connectivity index (χ0v) is 15.7. The van der Waals surface area contributed by atoms with Crippen LogP contribution in [-0.2, 0) is 11.3 Å². The van der Waals surface area contributed by atoms with Crippen molar-refractivity contribution in [2.45, 2.75) is 13.5 Å². The molecule has 2 aromatic carbocycles. The van der Waals surface area contributed by atoms with Crippen LogP contribution in [0, 0.1) is 6.92 Å². The van der Waals surface area contributed by atoms with E-state index in [1.54, 1.807) is 42.6 Å². The number of methoxy groups -OCH3 is 1. The Morgan fingerprint density at radius 2 is 1.82 bits per heavy atom. The summed E-state index contributed by atoms with van der Waals surface area (Å²) in [6.45, 7) is 2.66. The third-order valence-electron chi connectivity index (χ3n) is 4.12. The minimum atomic E-state index is -0.456. The van der Waals surface area contributed by atoms with Gasteiger partial charge >= 0.3 is 5.97 Å². The highest BCUT2D eigenvalue weighted by Gasteiger charge is 2.10. The van der Waals surface area contributed by atoms with Crippen molar-refractivity contribution >= 4 is 23.4 Å². The predicted molar refractivity (Wildman–Crippen MR) is 108 cm³/mol. The van der Waals surface area contributed by atoms with Crippen molar-refractivity contribution in [2.24, 2.45) is 0 Å². The van der Waals surface area contributed by atoms with Crippen LogP contribution < -0.4 is 10.6 Å². The van der Waals surface area contributed by atoms with Crippen molar-refractivity contribution in [2.75, 3.05) is 17.7 Å². The molecule has 1 amide bonds. The van der Waals surface area contributed by atoms with Gasteiger partial charge in [0.2, 0.25) is 0 Å². The number of carbonyl (C=O) groups is 2. The SMILES string of the molecule is COC(=O)c1cccc(NC(=O)c2ccnc(NCc3cccc(C)c3)c2)c1. The first kappa shape index (κ1) is 19.1. The first-order valence-corrected chi connectivity index (χ1v) is 8.80. The van der Waals surface area contributed by atoms with Gasteiger partial charge in [0.15, 0.2) is 0 Å². The van der Waals surface area contributed by atoms with Gasteiger partial charge in [-0.25, -0.2) is 9.78 Å². The Bertz CT molecular complexity index is 1000. The molecule has 3 rings (SSSR count). The van der Waals surface area contributed by atoms with E-state index in [9.17, 15) is 9.59 Å². The van der Waals surface area contributed by atoms with Crippen LogP contribution in [0.15, 0.2) is 66.9 Å². The number of ether oxygens (including phenoxy) is 1. The van der Waals surface area contributed by atoms with Gasteiger partial charge in [-0.3, -0.25) is 4.79 Å². The van der Waals surface area contributed by atoms with Crippen LogP contribution in [0.25, 0.3) is 0 Å². The number of amides is 1. The van der Waals surface area contributed by atoms with Crippen molar-refractivity contribution in [1.29, 1.82) is 0 Å². The van der Waals surface area contributed by atoms with Crippen LogP contribution in [-0.4, -0.2) is 24.0 Å². The Morgan fingerprint density at radius 1 is 1.00 bits per heavy atom. The number of nitrogens with zero attached hydrogens (tertiary/aromatic N) is 1. The van der Waals surface area contributed by atoms with E-state index in [1.165, 1.54) is 12.7 Å². The van der Waals surface area contributed by atoms with Crippen LogP contribution in [0.2, 0.25) is 0 Å². The summed E-state index contributed by atoms with van der Waals surface area (Å²) in [4.78, 5) is 28.4. The van der Waals surface area contributed by atoms with Gasteiger partial charge in [-0.05, 0) is 42.8 Å². The molecule has 6 nitrogen and oxygen atoms in total. The van der Waals surface area contributed by atoms with Gasteiger partial charge in [0.25, 0.3) is 5.91 Å². The lowest BCUT2D eigenvalue weighted by molar-refractivity contribution is 0.0600. The molecule has 28 heavy (non-hydrogen) atoms. The van der Waals surface area contributed by atoms with Crippen molar-refractivity contribution in [1.82, 2.24) is 4.98 Å². The minimum Gasteiger partial charge on any atom is -0.465 e. The van der Waals surface area contributed by atoms with Gasteiger partial charge in [-0.2, -0.15) is 0 Å². The number of carbonyl (C=O) groups excluding carboxylic acids is 2. The van der Waals surface area contributed by atoms with E-state index >= 15 is 0 Å². The summed E-state index contributed by atoms with van der Waals surface area (Å²) in [5.41, 5.74) is 3.67. The Labute approximate surface area is 163 Å². The van der Waals surface area contributed by atoms with E-state index in [4.69, 9.17) is 4.74 Å². The molecule has 0 fully saturated rings. The minimum absolute atomic E-state index is 0.289. The quantitative estimate of drug-likeness (QED) is 0.636. The van der Waals surface area contributed by atoms with E-state index in [1.807, 2.05) is 25.1 Å². The predicted octanol–water partition coefficient (Wildman–Crippen LogP) is 4.04. The smallest absolute Gasteiger partial charge is 0.337 e. The molecular formula is C22H21N3O3. The fourth-order valence-electron chi connectivity index (χ4n) is 2.73. The topological polar surface area (TPSA) is 80.3 Å². The molecule has 0 atom stereocenters. The van der Waals surface area contributed by atoms with E-state index < -0.39 is 5.97 Å². The van der Waals surface area contributed by atoms with Crippen LogP contribution in [0.3, 0.4) is 0 Å². The maximum Gasteiger partial charge on any atom is 0.337 e. The summed E-state index contributed by atoms with van der Waals surface area (Å²) in [6, 6.07) is 18.1. The van der Waals surface area contributed by atoms with E-state index in [-0.39, 0.29) is 5.91 Å². The Hall–Kier alpha value is -3.67. The fraction of sp³-hybridized carbons (Fsp3) is 0.136. The molecule has 6 heteroatoms. The summed E-state index contributed by atoms with van der Waals surface area (Å²) in [5, 5.41) is 6.01. The maximum atomic E-state index is 12.6. The van der Waals surface area contributed by atoms with Gasteiger partial charge < -0.3 is 15.4 Å². The third-order valence-corrected chi connectivity index (χ3v) is 4.12. The van der Waals surface area contributed by atoms with Gasteiger partial charge in [0, 0.05) is 24.0 Å². The lowest BCUT2D eigenvalue weighted by atomic mass is 10.1. The lowest BCUT2D eigenvalue weighted by Crippen LogP contribution is -2.13. The van der Waals surface area contributed by atoms with Crippen molar-refractivity contribution in [3.05, 3.63) is 89.1 Å². The summed E-state index contributed by atoms with van der Waals surface area (Å²) < 4.78 is 4.70. The van der Waals surface area contributed by atoms with E-state index in [2.05, 4.69) is 21.7 Å². The number of aromatic nitrogens is 1. The summed E-state index contributed by atoms with van der Waals surface area (Å²) in [5.74, 6) is -0.136. The molecule has 1 heterocycles.